The summed E-state index contributed by atoms with van der Waals surface area (Å²) in [5, 5.41) is 11.0. The fraction of sp³-hybridized carbons (Fsp3) is 0.444. The molecule has 172 valence electrons. The highest BCUT2D eigenvalue weighted by Crippen LogP contribution is 2.35. The maximum Gasteiger partial charge on any atom is 0.119 e. The van der Waals surface area contributed by atoms with Crippen molar-refractivity contribution in [2.75, 3.05) is 46.4 Å². The maximum absolute atomic E-state index is 9.84. The number of allylic oxidation sites excluding steroid dienone is 1. The summed E-state index contributed by atoms with van der Waals surface area (Å²) in [5.74, 6) is 0.939. The van der Waals surface area contributed by atoms with Crippen molar-refractivity contribution in [2.24, 2.45) is 0 Å². The maximum atomic E-state index is 9.84. The van der Waals surface area contributed by atoms with Gasteiger partial charge in [0.15, 0.2) is 0 Å². The van der Waals surface area contributed by atoms with Crippen molar-refractivity contribution >= 4 is 14.5 Å². The summed E-state index contributed by atoms with van der Waals surface area (Å²) < 4.78 is 5.25. The molecule has 1 aliphatic heterocycles. The van der Waals surface area contributed by atoms with Gasteiger partial charge in [-0.1, -0.05) is 54.6 Å². The number of piperazine rings is 1. The third-order valence-electron chi connectivity index (χ3n) is 6.00. The summed E-state index contributed by atoms with van der Waals surface area (Å²) in [4.78, 5) is 4.87. The Hall–Kier alpha value is -2.18. The van der Waals surface area contributed by atoms with Gasteiger partial charge in [-0.15, -0.1) is 9.24 Å². The first-order chi connectivity index (χ1) is 15.4. The lowest BCUT2D eigenvalue weighted by Gasteiger charge is -2.33. The first-order valence-corrected chi connectivity index (χ1v) is 12.0. The van der Waals surface area contributed by atoms with Gasteiger partial charge in [-0.2, -0.15) is 5.26 Å². The zero-order chi connectivity index (χ0) is 23.4. The van der Waals surface area contributed by atoms with Crippen LogP contribution in [-0.4, -0.2) is 56.2 Å². The summed E-state index contributed by atoms with van der Waals surface area (Å²) in [7, 11) is 4.81. The fourth-order valence-corrected chi connectivity index (χ4v) is 4.11. The van der Waals surface area contributed by atoms with Gasteiger partial charge in [-0.25, -0.2) is 0 Å². The van der Waals surface area contributed by atoms with Crippen LogP contribution in [-0.2, 0) is 5.41 Å². The molecular weight excluding hydrogens is 413 g/mol. The predicted molar refractivity (Wildman–Crippen MR) is 139 cm³/mol. The highest BCUT2D eigenvalue weighted by atomic mass is 31.0. The standard InChI is InChI=1S/C19H27N3.C8H11OP/c1-17(2)19(16-20,18-8-5-4-6-9-18)10-7-11-22-14-12-21(3)13-15-22;1-2-9-7-3-5-8(10)6-4-7/h4-6,8-9H,1,7,10-15H2,2-3H3;3-6H,2,10H2,1H3. The van der Waals surface area contributed by atoms with Crippen molar-refractivity contribution in [2.45, 2.75) is 32.1 Å². The largest absolute Gasteiger partial charge is 0.494 e. The fourth-order valence-electron chi connectivity index (χ4n) is 3.91. The Morgan fingerprint density at radius 3 is 2.25 bits per heavy atom. The average Bonchev–Trinajstić information content (AvgIpc) is 2.81. The van der Waals surface area contributed by atoms with Crippen LogP contribution in [0.4, 0.5) is 0 Å². The van der Waals surface area contributed by atoms with Crippen molar-refractivity contribution in [1.82, 2.24) is 9.80 Å². The van der Waals surface area contributed by atoms with E-state index in [1.165, 1.54) is 5.30 Å². The van der Waals surface area contributed by atoms with E-state index in [1.807, 2.05) is 68.4 Å². The topological polar surface area (TPSA) is 39.5 Å². The Morgan fingerprint density at radius 2 is 1.72 bits per heavy atom. The number of nitriles is 1. The van der Waals surface area contributed by atoms with E-state index in [0.717, 1.165) is 69.1 Å². The predicted octanol–water partition coefficient (Wildman–Crippen LogP) is 4.64. The van der Waals surface area contributed by atoms with Crippen LogP contribution in [0.1, 0.15) is 32.3 Å². The van der Waals surface area contributed by atoms with Gasteiger partial charge in [0.05, 0.1) is 12.7 Å². The van der Waals surface area contributed by atoms with Crippen molar-refractivity contribution in [3.8, 4) is 11.8 Å². The number of hydrogen-bond donors (Lipinski definition) is 0. The number of ether oxygens (including phenoxy) is 1. The van der Waals surface area contributed by atoms with Crippen molar-refractivity contribution < 1.29 is 4.74 Å². The van der Waals surface area contributed by atoms with E-state index in [9.17, 15) is 5.26 Å². The molecular formula is C27H38N3OP. The summed E-state index contributed by atoms with van der Waals surface area (Å²) in [6.45, 7) is 14.4. The molecule has 0 radical (unpaired) electrons. The second-order valence-corrected chi connectivity index (χ2v) is 9.08. The molecule has 1 aliphatic rings. The molecule has 0 spiro atoms. The SMILES string of the molecule is C=C(C)C(C#N)(CCCN1CCN(C)CC1)c1ccccc1.CCOc1ccc(P)cc1. The first-order valence-electron chi connectivity index (χ1n) is 11.4. The van der Waals surface area contributed by atoms with Crippen LogP contribution in [0, 0.1) is 11.3 Å². The van der Waals surface area contributed by atoms with Gasteiger partial charge in [-0.05, 0) is 63.3 Å². The van der Waals surface area contributed by atoms with E-state index in [4.69, 9.17) is 4.74 Å². The van der Waals surface area contributed by atoms with Crippen molar-refractivity contribution in [3.05, 3.63) is 72.3 Å². The summed E-state index contributed by atoms with van der Waals surface area (Å²) >= 11 is 0. The Balaban J connectivity index is 0.000000303. The number of hydrogen-bond acceptors (Lipinski definition) is 4. The molecule has 2 atom stereocenters. The summed E-state index contributed by atoms with van der Waals surface area (Å²) in [6, 6.07) is 20.6. The molecule has 4 nitrogen and oxygen atoms in total. The third-order valence-corrected chi connectivity index (χ3v) is 6.38. The monoisotopic (exact) mass is 451 g/mol. The lowest BCUT2D eigenvalue weighted by molar-refractivity contribution is 0.151. The lowest BCUT2D eigenvalue weighted by atomic mass is 9.73. The van der Waals surface area contributed by atoms with Crippen LogP contribution < -0.4 is 10.0 Å². The molecule has 32 heavy (non-hydrogen) atoms. The van der Waals surface area contributed by atoms with Gasteiger partial charge >= 0.3 is 0 Å². The minimum absolute atomic E-state index is 0.548. The van der Waals surface area contributed by atoms with Crippen molar-refractivity contribution in [3.63, 3.8) is 0 Å². The van der Waals surface area contributed by atoms with Crippen molar-refractivity contribution in [1.29, 1.82) is 5.26 Å². The van der Waals surface area contributed by atoms with Crippen LogP contribution in [0.15, 0.2) is 66.7 Å². The molecule has 2 unspecified atom stereocenters. The van der Waals surface area contributed by atoms with Gasteiger partial charge in [0.1, 0.15) is 11.2 Å². The third kappa shape index (κ3) is 7.75. The second kappa shape index (κ2) is 13.4. The minimum Gasteiger partial charge on any atom is -0.494 e. The second-order valence-electron chi connectivity index (χ2n) is 8.41. The Bertz CT molecular complexity index is 855. The van der Waals surface area contributed by atoms with Crippen LogP contribution in [0.25, 0.3) is 0 Å². The summed E-state index contributed by atoms with van der Waals surface area (Å²) in [6.07, 6.45) is 1.87. The molecule has 2 aromatic carbocycles. The van der Waals surface area contributed by atoms with E-state index in [-0.39, 0.29) is 0 Å². The molecule has 0 amide bonds. The van der Waals surface area contributed by atoms with Crippen LogP contribution >= 0.6 is 9.24 Å². The van der Waals surface area contributed by atoms with E-state index < -0.39 is 5.41 Å². The molecule has 3 rings (SSSR count). The molecule has 1 fully saturated rings. The van der Waals surface area contributed by atoms with E-state index >= 15 is 0 Å². The zero-order valence-electron chi connectivity index (χ0n) is 19.9. The smallest absolute Gasteiger partial charge is 0.119 e. The molecule has 0 bridgehead atoms. The normalized spacial score (nSPS) is 16.2. The highest BCUT2D eigenvalue weighted by molar-refractivity contribution is 7.27. The molecule has 0 saturated carbocycles. The molecule has 5 heteroatoms. The number of nitrogens with zero attached hydrogens (tertiary/aromatic N) is 3. The lowest BCUT2D eigenvalue weighted by Crippen LogP contribution is -2.44. The van der Waals surface area contributed by atoms with E-state index in [0.29, 0.717) is 0 Å². The quantitative estimate of drug-likeness (QED) is 0.433. The Labute approximate surface area is 197 Å². The molecule has 0 aliphatic carbocycles. The molecule has 2 aromatic rings. The minimum atomic E-state index is -0.548. The van der Waals surface area contributed by atoms with Crippen LogP contribution in [0.3, 0.4) is 0 Å². The molecule has 0 N–H and O–H groups in total. The van der Waals surface area contributed by atoms with Crippen LogP contribution in [0.2, 0.25) is 0 Å². The van der Waals surface area contributed by atoms with Gasteiger partial charge in [0, 0.05) is 26.2 Å². The van der Waals surface area contributed by atoms with Crippen LogP contribution in [0.5, 0.6) is 5.75 Å². The molecule has 1 heterocycles. The first kappa shape index (κ1) is 26.1. The number of rotatable bonds is 8. The number of benzene rings is 2. The van der Waals surface area contributed by atoms with Gasteiger partial charge in [0.25, 0.3) is 0 Å². The number of likely N-dealkylation sites (N-methyl/N-ethyl adjacent to an activating group) is 1. The molecule has 0 aromatic heterocycles. The summed E-state index contributed by atoms with van der Waals surface area (Å²) in [5.41, 5.74) is 1.47. The van der Waals surface area contributed by atoms with E-state index in [1.54, 1.807) is 0 Å². The average molecular weight is 452 g/mol. The van der Waals surface area contributed by atoms with Gasteiger partial charge < -0.3 is 14.5 Å². The van der Waals surface area contributed by atoms with Gasteiger partial charge in [0.2, 0.25) is 0 Å². The highest BCUT2D eigenvalue weighted by Gasteiger charge is 2.33. The van der Waals surface area contributed by atoms with E-state index in [2.05, 4.69) is 38.7 Å². The van der Waals surface area contributed by atoms with Gasteiger partial charge in [-0.3, -0.25) is 0 Å². The molecule has 1 saturated heterocycles. The zero-order valence-corrected chi connectivity index (χ0v) is 21.0. The Kier molecular flexibility index (Phi) is 10.9. The Morgan fingerprint density at radius 1 is 1.09 bits per heavy atom.